The van der Waals surface area contributed by atoms with Gasteiger partial charge in [-0.15, -0.1) is 0 Å². The second kappa shape index (κ2) is 6.07. The molecule has 0 radical (unpaired) electrons. The summed E-state index contributed by atoms with van der Waals surface area (Å²) < 4.78 is 0.866. The fourth-order valence-electron chi connectivity index (χ4n) is 3.72. The zero-order chi connectivity index (χ0) is 14.1. The van der Waals surface area contributed by atoms with E-state index in [4.69, 9.17) is 11.6 Å². The van der Waals surface area contributed by atoms with Gasteiger partial charge in [-0.3, -0.25) is 4.79 Å². The van der Waals surface area contributed by atoms with Gasteiger partial charge in [-0.05, 0) is 49.8 Å². The summed E-state index contributed by atoms with van der Waals surface area (Å²) in [6.07, 6.45) is 7.45. The van der Waals surface area contributed by atoms with Gasteiger partial charge in [0, 0.05) is 27.6 Å². The van der Waals surface area contributed by atoms with Crippen LogP contribution in [0.2, 0.25) is 5.02 Å². The highest BCUT2D eigenvalue weighted by molar-refractivity contribution is 9.10. The SMILES string of the molecule is O=C(c1cc(Cl)cc(Br)c1)N1CCCC2CCCCC21. The molecule has 1 aliphatic carbocycles. The van der Waals surface area contributed by atoms with Crippen molar-refractivity contribution >= 4 is 33.4 Å². The molecular weight excluding hydrogens is 338 g/mol. The maximum atomic E-state index is 12.8. The second-order valence-electron chi connectivity index (χ2n) is 5.91. The topological polar surface area (TPSA) is 20.3 Å². The van der Waals surface area contributed by atoms with Crippen LogP contribution in [0.4, 0.5) is 0 Å². The maximum absolute atomic E-state index is 12.8. The summed E-state index contributed by atoms with van der Waals surface area (Å²) in [7, 11) is 0. The van der Waals surface area contributed by atoms with E-state index in [0.29, 0.717) is 22.5 Å². The van der Waals surface area contributed by atoms with E-state index < -0.39 is 0 Å². The third-order valence-electron chi connectivity index (χ3n) is 4.61. The molecule has 2 nitrogen and oxygen atoms in total. The van der Waals surface area contributed by atoms with E-state index >= 15 is 0 Å². The van der Waals surface area contributed by atoms with Gasteiger partial charge < -0.3 is 4.90 Å². The van der Waals surface area contributed by atoms with Crippen LogP contribution in [0.5, 0.6) is 0 Å². The number of hydrogen-bond acceptors (Lipinski definition) is 1. The Morgan fingerprint density at radius 1 is 1.15 bits per heavy atom. The van der Waals surface area contributed by atoms with Crippen molar-refractivity contribution in [1.29, 1.82) is 0 Å². The van der Waals surface area contributed by atoms with Gasteiger partial charge in [-0.25, -0.2) is 0 Å². The number of carbonyl (C=O) groups is 1. The Kier molecular flexibility index (Phi) is 4.37. The smallest absolute Gasteiger partial charge is 0.254 e. The third-order valence-corrected chi connectivity index (χ3v) is 5.29. The van der Waals surface area contributed by atoms with Crippen LogP contribution >= 0.6 is 27.5 Å². The first-order chi connectivity index (χ1) is 9.65. The molecule has 1 heterocycles. The zero-order valence-corrected chi connectivity index (χ0v) is 13.8. The number of rotatable bonds is 1. The highest BCUT2D eigenvalue weighted by Crippen LogP contribution is 2.36. The Hall–Kier alpha value is -0.540. The van der Waals surface area contributed by atoms with Crippen molar-refractivity contribution in [2.24, 2.45) is 5.92 Å². The molecule has 1 aromatic rings. The molecule has 0 aromatic heterocycles. The normalized spacial score (nSPS) is 26.2. The molecule has 1 saturated carbocycles. The van der Waals surface area contributed by atoms with E-state index in [9.17, 15) is 4.79 Å². The van der Waals surface area contributed by atoms with Crippen molar-refractivity contribution < 1.29 is 4.79 Å². The number of piperidine rings is 1. The van der Waals surface area contributed by atoms with Crippen molar-refractivity contribution in [3.63, 3.8) is 0 Å². The van der Waals surface area contributed by atoms with E-state index in [2.05, 4.69) is 20.8 Å². The second-order valence-corrected chi connectivity index (χ2v) is 7.26. The van der Waals surface area contributed by atoms with E-state index in [1.807, 2.05) is 12.1 Å². The highest BCUT2D eigenvalue weighted by Gasteiger charge is 2.35. The lowest BCUT2D eigenvalue weighted by Gasteiger charge is -2.44. The molecule has 0 bridgehead atoms. The maximum Gasteiger partial charge on any atom is 0.254 e. The summed E-state index contributed by atoms with van der Waals surface area (Å²) in [5, 5.41) is 0.611. The minimum Gasteiger partial charge on any atom is -0.335 e. The number of fused-ring (bicyclic) bond motifs is 1. The summed E-state index contributed by atoms with van der Waals surface area (Å²) in [5.74, 6) is 0.855. The van der Waals surface area contributed by atoms with E-state index in [1.54, 1.807) is 6.07 Å². The fourth-order valence-corrected chi connectivity index (χ4v) is 4.58. The summed E-state index contributed by atoms with van der Waals surface area (Å²) in [4.78, 5) is 14.9. The molecular formula is C16H19BrClNO. The Morgan fingerprint density at radius 2 is 1.90 bits per heavy atom. The van der Waals surface area contributed by atoms with Crippen molar-refractivity contribution in [2.75, 3.05) is 6.54 Å². The van der Waals surface area contributed by atoms with Crippen LogP contribution in [0, 0.1) is 5.92 Å². The lowest BCUT2D eigenvalue weighted by Crippen LogP contribution is -2.49. The van der Waals surface area contributed by atoms with E-state index in [-0.39, 0.29) is 5.91 Å². The van der Waals surface area contributed by atoms with Crippen LogP contribution in [0.25, 0.3) is 0 Å². The monoisotopic (exact) mass is 355 g/mol. The molecule has 1 amide bonds. The lowest BCUT2D eigenvalue weighted by molar-refractivity contribution is 0.0390. The molecule has 108 valence electrons. The van der Waals surface area contributed by atoms with Gasteiger partial charge in [-0.2, -0.15) is 0 Å². The van der Waals surface area contributed by atoms with Crippen molar-refractivity contribution in [3.05, 3.63) is 33.3 Å². The van der Waals surface area contributed by atoms with E-state index in [0.717, 1.165) is 23.9 Å². The van der Waals surface area contributed by atoms with Crippen LogP contribution in [0.1, 0.15) is 48.9 Å². The molecule has 1 saturated heterocycles. The molecule has 3 rings (SSSR count). The zero-order valence-electron chi connectivity index (χ0n) is 11.4. The molecule has 0 spiro atoms. The van der Waals surface area contributed by atoms with Gasteiger partial charge in [0.1, 0.15) is 0 Å². The average molecular weight is 357 g/mol. The molecule has 4 heteroatoms. The number of amides is 1. The minimum absolute atomic E-state index is 0.143. The Morgan fingerprint density at radius 3 is 2.70 bits per heavy atom. The van der Waals surface area contributed by atoms with Crippen molar-refractivity contribution in [2.45, 2.75) is 44.6 Å². The number of halogens is 2. The summed E-state index contributed by atoms with van der Waals surface area (Å²) >= 11 is 9.49. The number of carbonyl (C=O) groups excluding carboxylic acids is 1. The largest absolute Gasteiger partial charge is 0.335 e. The van der Waals surface area contributed by atoms with Crippen molar-refractivity contribution in [1.82, 2.24) is 4.90 Å². The minimum atomic E-state index is 0.143. The van der Waals surface area contributed by atoms with E-state index in [1.165, 1.54) is 25.7 Å². The predicted octanol–water partition coefficient (Wildman–Crippen LogP) is 4.90. The first-order valence-corrected chi connectivity index (χ1v) is 8.59. The van der Waals surface area contributed by atoms with Crippen LogP contribution in [-0.2, 0) is 0 Å². The quantitative estimate of drug-likeness (QED) is 0.701. The fraction of sp³-hybridized carbons (Fsp3) is 0.562. The summed E-state index contributed by atoms with van der Waals surface area (Å²) in [6.45, 7) is 0.893. The molecule has 2 atom stereocenters. The van der Waals surface area contributed by atoms with Crippen LogP contribution in [-0.4, -0.2) is 23.4 Å². The van der Waals surface area contributed by atoms with Gasteiger partial charge in [0.15, 0.2) is 0 Å². The Bertz CT molecular complexity index is 497. The first kappa shape index (κ1) is 14.4. The summed E-state index contributed by atoms with van der Waals surface area (Å²) in [5.41, 5.74) is 0.704. The Balaban J connectivity index is 1.84. The van der Waals surface area contributed by atoms with Gasteiger partial charge in [0.05, 0.1) is 0 Å². The molecule has 0 N–H and O–H groups in total. The molecule has 1 aromatic carbocycles. The summed E-state index contributed by atoms with van der Waals surface area (Å²) in [6, 6.07) is 5.92. The molecule has 2 aliphatic rings. The van der Waals surface area contributed by atoms with Crippen LogP contribution < -0.4 is 0 Å². The van der Waals surface area contributed by atoms with Crippen LogP contribution in [0.3, 0.4) is 0 Å². The molecule has 2 fully saturated rings. The lowest BCUT2D eigenvalue weighted by atomic mass is 9.78. The predicted molar refractivity (Wildman–Crippen MR) is 85.2 cm³/mol. The number of hydrogen-bond donors (Lipinski definition) is 0. The molecule has 20 heavy (non-hydrogen) atoms. The average Bonchev–Trinajstić information content (AvgIpc) is 2.45. The van der Waals surface area contributed by atoms with Gasteiger partial charge in [0.2, 0.25) is 0 Å². The van der Waals surface area contributed by atoms with Gasteiger partial charge in [-0.1, -0.05) is 40.4 Å². The number of likely N-dealkylation sites (tertiary alicyclic amines) is 1. The van der Waals surface area contributed by atoms with Gasteiger partial charge >= 0.3 is 0 Å². The highest BCUT2D eigenvalue weighted by atomic mass is 79.9. The number of benzene rings is 1. The molecule has 2 unspecified atom stereocenters. The van der Waals surface area contributed by atoms with Crippen LogP contribution in [0.15, 0.2) is 22.7 Å². The van der Waals surface area contributed by atoms with Crippen molar-refractivity contribution in [3.8, 4) is 0 Å². The molecule has 1 aliphatic heterocycles. The number of nitrogens with zero attached hydrogens (tertiary/aromatic N) is 1. The van der Waals surface area contributed by atoms with Gasteiger partial charge in [0.25, 0.3) is 5.91 Å². The Labute approximate surface area is 133 Å². The third kappa shape index (κ3) is 2.89. The standard InChI is InChI=1S/C16H19BrClNO/c17-13-8-12(9-14(18)10-13)16(20)19-7-3-5-11-4-1-2-6-15(11)19/h8-11,15H,1-7H2. The first-order valence-electron chi connectivity index (χ1n) is 7.42.